The summed E-state index contributed by atoms with van der Waals surface area (Å²) in [5.74, 6) is 0.225. The Hall–Kier alpha value is -0.490. The van der Waals surface area contributed by atoms with Gasteiger partial charge in [-0.3, -0.25) is 0 Å². The summed E-state index contributed by atoms with van der Waals surface area (Å²) in [4.78, 5) is 1.01. The number of thioether (sulfide) groups is 1. The highest BCUT2D eigenvalue weighted by molar-refractivity contribution is 8.00. The standard InChI is InChI=1S/C13H11ClO2S3/c14-10-3-1-2-4-12(10)18-11-6-8-19(15,16)13-9(11)5-7-17-13/h1-5,7,11H,6,8H2/t11-/m0/s1. The summed E-state index contributed by atoms with van der Waals surface area (Å²) in [7, 11) is -3.06. The highest BCUT2D eigenvalue weighted by Gasteiger charge is 2.32. The van der Waals surface area contributed by atoms with Gasteiger partial charge in [0.05, 0.1) is 10.8 Å². The molecule has 2 nitrogen and oxygen atoms in total. The van der Waals surface area contributed by atoms with Gasteiger partial charge in [-0.05, 0) is 35.6 Å². The van der Waals surface area contributed by atoms with E-state index in [2.05, 4.69) is 0 Å². The van der Waals surface area contributed by atoms with Crippen molar-refractivity contribution in [3.05, 3.63) is 46.3 Å². The van der Waals surface area contributed by atoms with Gasteiger partial charge in [-0.15, -0.1) is 23.1 Å². The van der Waals surface area contributed by atoms with E-state index in [1.54, 1.807) is 11.8 Å². The van der Waals surface area contributed by atoms with E-state index in [-0.39, 0.29) is 11.0 Å². The minimum atomic E-state index is -3.06. The van der Waals surface area contributed by atoms with Gasteiger partial charge in [-0.25, -0.2) is 8.42 Å². The molecule has 3 rings (SSSR count). The van der Waals surface area contributed by atoms with Crippen LogP contribution >= 0.6 is 34.7 Å². The number of thiophene rings is 1. The van der Waals surface area contributed by atoms with Crippen LogP contribution in [0.2, 0.25) is 5.02 Å². The Morgan fingerprint density at radius 1 is 1.26 bits per heavy atom. The summed E-state index contributed by atoms with van der Waals surface area (Å²) in [6.07, 6.45) is 0.641. The van der Waals surface area contributed by atoms with E-state index < -0.39 is 9.84 Å². The highest BCUT2D eigenvalue weighted by Crippen LogP contribution is 2.47. The summed E-state index contributed by atoms with van der Waals surface area (Å²) in [6.45, 7) is 0. The molecule has 0 N–H and O–H groups in total. The number of benzene rings is 1. The van der Waals surface area contributed by atoms with E-state index in [1.165, 1.54) is 11.3 Å². The number of fused-ring (bicyclic) bond motifs is 1. The molecule has 0 saturated carbocycles. The Bertz CT molecular complexity index is 706. The molecule has 1 aliphatic heterocycles. The predicted octanol–water partition coefficient (Wildman–Crippen LogP) is 4.41. The molecular formula is C13H11ClO2S3. The van der Waals surface area contributed by atoms with Gasteiger partial charge < -0.3 is 0 Å². The van der Waals surface area contributed by atoms with Crippen molar-refractivity contribution < 1.29 is 8.42 Å². The number of hydrogen-bond donors (Lipinski definition) is 0. The molecule has 0 amide bonds. The Balaban J connectivity index is 1.95. The first kappa shape index (κ1) is 13.5. The maximum Gasteiger partial charge on any atom is 0.188 e. The van der Waals surface area contributed by atoms with Crippen LogP contribution in [-0.4, -0.2) is 14.2 Å². The lowest BCUT2D eigenvalue weighted by atomic mass is 10.2. The van der Waals surface area contributed by atoms with Crippen molar-refractivity contribution in [2.24, 2.45) is 0 Å². The maximum absolute atomic E-state index is 12.0. The van der Waals surface area contributed by atoms with Crippen LogP contribution in [0.1, 0.15) is 17.2 Å². The lowest BCUT2D eigenvalue weighted by Gasteiger charge is -2.22. The third kappa shape index (κ3) is 2.57. The Kier molecular flexibility index (Phi) is 3.64. The molecule has 0 fully saturated rings. The summed E-state index contributed by atoms with van der Waals surface area (Å²) < 4.78 is 24.5. The molecule has 0 aliphatic carbocycles. The number of hydrogen-bond acceptors (Lipinski definition) is 4. The molecule has 0 bridgehead atoms. The quantitative estimate of drug-likeness (QED) is 0.817. The highest BCUT2D eigenvalue weighted by atomic mass is 35.5. The Labute approximate surface area is 125 Å². The van der Waals surface area contributed by atoms with Crippen LogP contribution in [0.15, 0.2) is 44.8 Å². The summed E-state index contributed by atoms with van der Waals surface area (Å²) in [5.41, 5.74) is 0.932. The van der Waals surface area contributed by atoms with Crippen molar-refractivity contribution in [2.75, 3.05) is 5.75 Å². The van der Waals surface area contributed by atoms with Gasteiger partial charge in [0.15, 0.2) is 9.84 Å². The van der Waals surface area contributed by atoms with Gasteiger partial charge in [-0.1, -0.05) is 23.7 Å². The number of halogens is 1. The normalized spacial score (nSPS) is 21.0. The molecule has 1 aromatic heterocycles. The fourth-order valence-electron chi connectivity index (χ4n) is 2.12. The Morgan fingerprint density at radius 3 is 2.84 bits per heavy atom. The molecule has 0 unspecified atom stereocenters. The van der Waals surface area contributed by atoms with Crippen molar-refractivity contribution >= 4 is 44.5 Å². The summed E-state index contributed by atoms with van der Waals surface area (Å²) in [5, 5.41) is 2.75. The molecule has 1 aliphatic rings. The molecule has 6 heteroatoms. The molecule has 2 heterocycles. The molecule has 19 heavy (non-hydrogen) atoms. The van der Waals surface area contributed by atoms with Gasteiger partial charge in [0, 0.05) is 10.1 Å². The molecule has 1 aromatic carbocycles. The zero-order chi connectivity index (χ0) is 13.5. The second kappa shape index (κ2) is 5.13. The smallest absolute Gasteiger partial charge is 0.188 e. The van der Waals surface area contributed by atoms with E-state index in [4.69, 9.17) is 11.6 Å². The average Bonchev–Trinajstić information content (AvgIpc) is 2.86. The zero-order valence-electron chi connectivity index (χ0n) is 9.87. The molecule has 100 valence electrons. The third-order valence-electron chi connectivity index (χ3n) is 3.04. The summed E-state index contributed by atoms with van der Waals surface area (Å²) in [6, 6.07) is 9.60. The summed E-state index contributed by atoms with van der Waals surface area (Å²) >= 11 is 9.13. The van der Waals surface area contributed by atoms with Crippen LogP contribution in [0, 0.1) is 0 Å². The molecule has 2 aromatic rings. The third-order valence-corrected chi connectivity index (χ3v) is 8.21. The number of sulfone groups is 1. The maximum atomic E-state index is 12.0. The average molecular weight is 331 g/mol. The van der Waals surface area contributed by atoms with E-state index in [0.29, 0.717) is 10.6 Å². The van der Waals surface area contributed by atoms with Gasteiger partial charge in [-0.2, -0.15) is 0 Å². The first-order valence-corrected chi connectivity index (χ1v) is 9.58. The van der Waals surface area contributed by atoms with Crippen LogP contribution in [-0.2, 0) is 9.84 Å². The minimum absolute atomic E-state index is 0.171. The fraction of sp³-hybridized carbons (Fsp3) is 0.231. The largest absolute Gasteiger partial charge is 0.223 e. The molecule has 1 atom stereocenters. The van der Waals surface area contributed by atoms with Gasteiger partial charge >= 0.3 is 0 Å². The SMILES string of the molecule is O=S1(=O)CC[C@H](Sc2ccccc2Cl)c2ccsc21. The van der Waals surface area contributed by atoms with Crippen molar-refractivity contribution in [1.29, 1.82) is 0 Å². The second-order valence-corrected chi connectivity index (χ2v) is 9.18. The van der Waals surface area contributed by atoms with Gasteiger partial charge in [0.25, 0.3) is 0 Å². The van der Waals surface area contributed by atoms with Gasteiger partial charge in [0.1, 0.15) is 4.21 Å². The monoisotopic (exact) mass is 330 g/mol. The zero-order valence-corrected chi connectivity index (χ0v) is 13.1. The minimum Gasteiger partial charge on any atom is -0.223 e. The molecular weight excluding hydrogens is 320 g/mol. The topological polar surface area (TPSA) is 34.1 Å². The van der Waals surface area contributed by atoms with Crippen LogP contribution in [0.25, 0.3) is 0 Å². The molecule has 0 radical (unpaired) electrons. The van der Waals surface area contributed by atoms with Gasteiger partial charge in [0.2, 0.25) is 0 Å². The first-order chi connectivity index (χ1) is 9.08. The van der Waals surface area contributed by atoms with Crippen LogP contribution in [0.4, 0.5) is 0 Å². The van der Waals surface area contributed by atoms with Crippen molar-refractivity contribution in [2.45, 2.75) is 20.8 Å². The molecule has 0 spiro atoms. The first-order valence-electron chi connectivity index (χ1n) is 5.79. The van der Waals surface area contributed by atoms with Crippen LogP contribution in [0.3, 0.4) is 0 Å². The van der Waals surface area contributed by atoms with Crippen molar-refractivity contribution in [3.63, 3.8) is 0 Å². The fourth-order valence-corrected chi connectivity index (χ4v) is 6.88. The predicted molar refractivity (Wildman–Crippen MR) is 81.0 cm³/mol. The van der Waals surface area contributed by atoms with Crippen molar-refractivity contribution in [1.82, 2.24) is 0 Å². The molecule has 0 saturated heterocycles. The second-order valence-electron chi connectivity index (χ2n) is 4.31. The van der Waals surface area contributed by atoms with E-state index in [0.717, 1.165) is 15.5 Å². The van der Waals surface area contributed by atoms with E-state index >= 15 is 0 Å². The lowest BCUT2D eigenvalue weighted by molar-refractivity contribution is 0.588. The lowest BCUT2D eigenvalue weighted by Crippen LogP contribution is -2.16. The van der Waals surface area contributed by atoms with Crippen molar-refractivity contribution in [3.8, 4) is 0 Å². The van der Waals surface area contributed by atoms with Crippen LogP contribution in [0.5, 0.6) is 0 Å². The number of rotatable bonds is 2. The van der Waals surface area contributed by atoms with E-state index in [9.17, 15) is 8.42 Å². The van der Waals surface area contributed by atoms with Crippen LogP contribution < -0.4 is 0 Å². The Morgan fingerprint density at radius 2 is 2.05 bits per heavy atom. The van der Waals surface area contributed by atoms with E-state index in [1.807, 2.05) is 35.7 Å².